The second kappa shape index (κ2) is 2.62. The molecule has 0 amide bonds. The lowest BCUT2D eigenvalue weighted by molar-refractivity contribution is 0.516. The Balaban J connectivity index is 2.51. The maximum Gasteiger partial charge on any atom is 0.103 e. The van der Waals surface area contributed by atoms with Crippen LogP contribution in [0.25, 0.3) is 0 Å². The van der Waals surface area contributed by atoms with E-state index in [4.69, 9.17) is 12.2 Å². The molecule has 0 aromatic carbocycles. The van der Waals surface area contributed by atoms with Crippen LogP contribution in [0.1, 0.15) is 11.1 Å². The van der Waals surface area contributed by atoms with Crippen LogP contribution in [0.3, 0.4) is 0 Å². The summed E-state index contributed by atoms with van der Waals surface area (Å²) in [6.07, 6.45) is 1.97. The molecule has 1 aromatic rings. The summed E-state index contributed by atoms with van der Waals surface area (Å²) in [7, 11) is 0. The summed E-state index contributed by atoms with van der Waals surface area (Å²) >= 11 is 9.25. The Bertz CT molecular complexity index is 331. The molecule has 0 spiro atoms. The molecule has 0 fully saturated rings. The van der Waals surface area contributed by atoms with E-state index in [1.54, 1.807) is 0 Å². The van der Waals surface area contributed by atoms with Crippen molar-refractivity contribution >= 4 is 25.0 Å². The topological polar surface area (TPSA) is 19.0 Å². The van der Waals surface area contributed by atoms with Gasteiger partial charge < -0.3 is 4.98 Å². The quantitative estimate of drug-likeness (QED) is 0.474. The van der Waals surface area contributed by atoms with Crippen molar-refractivity contribution in [1.82, 2.24) is 9.29 Å². The van der Waals surface area contributed by atoms with E-state index in [0.717, 1.165) is 17.7 Å². The number of H-pyrrole nitrogens is 1. The van der Waals surface area contributed by atoms with Crippen LogP contribution in [-0.2, 0) is 13.1 Å². The molecule has 2 heterocycles. The Morgan fingerprint density at radius 1 is 1.45 bits per heavy atom. The normalized spacial score (nSPS) is 16.8. The minimum absolute atomic E-state index is 0.799. The summed E-state index contributed by atoms with van der Waals surface area (Å²) in [6, 6.07) is 2.00. The first-order chi connectivity index (χ1) is 5.25. The van der Waals surface area contributed by atoms with Crippen molar-refractivity contribution in [2.45, 2.75) is 13.1 Å². The van der Waals surface area contributed by atoms with Gasteiger partial charge in [0.05, 0.1) is 0 Å². The van der Waals surface area contributed by atoms with Crippen molar-refractivity contribution in [3.8, 4) is 0 Å². The summed E-state index contributed by atoms with van der Waals surface area (Å²) in [6.45, 7) is 1.81. The van der Waals surface area contributed by atoms with Gasteiger partial charge in [-0.05, 0) is 17.2 Å². The number of thiol groups is 1. The molecular formula is C7H8N2S2. The molecule has 4 heteroatoms. The monoisotopic (exact) mass is 184 g/mol. The van der Waals surface area contributed by atoms with Crippen LogP contribution in [0.4, 0.5) is 0 Å². The molecule has 0 atom stereocenters. The van der Waals surface area contributed by atoms with Crippen LogP contribution in [0.2, 0.25) is 0 Å². The molecule has 11 heavy (non-hydrogen) atoms. The lowest BCUT2D eigenvalue weighted by Crippen LogP contribution is -1.99. The Hall–Kier alpha value is -0.320. The van der Waals surface area contributed by atoms with E-state index < -0.39 is 0 Å². The number of fused-ring (bicyclic) bond motifs is 1. The summed E-state index contributed by atoms with van der Waals surface area (Å²) < 4.78 is 2.76. The Morgan fingerprint density at radius 2 is 2.18 bits per heavy atom. The molecule has 1 aromatic heterocycles. The average molecular weight is 184 g/mol. The van der Waals surface area contributed by atoms with Crippen molar-refractivity contribution in [2.24, 2.45) is 0 Å². The van der Waals surface area contributed by atoms with E-state index in [2.05, 4.69) is 17.8 Å². The van der Waals surface area contributed by atoms with Crippen LogP contribution >= 0.6 is 25.0 Å². The van der Waals surface area contributed by atoms with Crippen LogP contribution in [0.15, 0.2) is 12.3 Å². The maximum absolute atomic E-state index is 4.99. The highest BCUT2D eigenvalue weighted by atomic mass is 32.1. The first-order valence-corrected chi connectivity index (χ1v) is 4.21. The molecule has 2 nitrogen and oxygen atoms in total. The third-order valence-electron chi connectivity index (χ3n) is 1.81. The zero-order chi connectivity index (χ0) is 7.84. The van der Waals surface area contributed by atoms with E-state index in [1.807, 2.05) is 16.6 Å². The zero-order valence-electron chi connectivity index (χ0n) is 5.87. The van der Waals surface area contributed by atoms with E-state index in [9.17, 15) is 0 Å². The average Bonchev–Trinajstić information content (AvgIpc) is 2.27. The van der Waals surface area contributed by atoms with Crippen molar-refractivity contribution < 1.29 is 0 Å². The second-order valence-electron chi connectivity index (χ2n) is 2.67. The number of aromatic nitrogens is 1. The number of nitrogens with zero attached hydrogens (tertiary/aromatic N) is 1. The summed E-state index contributed by atoms with van der Waals surface area (Å²) in [5.41, 5.74) is 2.59. The maximum atomic E-state index is 4.99. The molecule has 0 bridgehead atoms. The molecule has 1 aliphatic heterocycles. The van der Waals surface area contributed by atoms with Gasteiger partial charge in [-0.25, -0.2) is 4.31 Å². The lowest BCUT2D eigenvalue weighted by Gasteiger charge is -2.00. The number of hydrogen-bond acceptors (Lipinski definition) is 3. The smallest absolute Gasteiger partial charge is 0.103 e. The van der Waals surface area contributed by atoms with Crippen LogP contribution in [0.5, 0.6) is 0 Å². The number of aromatic amines is 1. The van der Waals surface area contributed by atoms with E-state index in [-0.39, 0.29) is 0 Å². The number of rotatable bonds is 0. The third-order valence-corrected chi connectivity index (χ3v) is 2.33. The Kier molecular flexibility index (Phi) is 1.75. The molecule has 1 aliphatic rings. The molecule has 0 unspecified atom stereocenters. The highest BCUT2D eigenvalue weighted by Gasteiger charge is 2.15. The molecule has 58 valence electrons. The van der Waals surface area contributed by atoms with Crippen molar-refractivity contribution in [3.05, 3.63) is 28.0 Å². The van der Waals surface area contributed by atoms with Gasteiger partial charge in [0.1, 0.15) is 4.64 Å². The van der Waals surface area contributed by atoms with Gasteiger partial charge in [0.15, 0.2) is 0 Å². The van der Waals surface area contributed by atoms with Crippen LogP contribution in [0, 0.1) is 4.64 Å². The first kappa shape index (κ1) is 7.34. The van der Waals surface area contributed by atoms with Crippen molar-refractivity contribution in [1.29, 1.82) is 0 Å². The van der Waals surface area contributed by atoms with Gasteiger partial charge in [-0.2, -0.15) is 0 Å². The van der Waals surface area contributed by atoms with Crippen LogP contribution < -0.4 is 0 Å². The van der Waals surface area contributed by atoms with E-state index >= 15 is 0 Å². The molecule has 0 saturated heterocycles. The van der Waals surface area contributed by atoms with Gasteiger partial charge in [0, 0.05) is 19.3 Å². The molecule has 0 aliphatic carbocycles. The number of pyridine rings is 1. The predicted molar refractivity (Wildman–Crippen MR) is 49.9 cm³/mol. The Morgan fingerprint density at radius 3 is 3.00 bits per heavy atom. The predicted octanol–water partition coefficient (Wildman–Crippen LogP) is 1.90. The SMILES string of the molecule is S=c1cc2c(c[nH]1)CN(S)C2. The fourth-order valence-corrected chi connectivity index (χ4v) is 1.79. The van der Waals surface area contributed by atoms with Crippen LogP contribution in [-0.4, -0.2) is 9.29 Å². The molecule has 0 radical (unpaired) electrons. The highest BCUT2D eigenvalue weighted by Crippen LogP contribution is 2.22. The fourth-order valence-electron chi connectivity index (χ4n) is 1.29. The largest absolute Gasteiger partial charge is 0.353 e. The number of nitrogens with one attached hydrogen (secondary N) is 1. The van der Waals surface area contributed by atoms with Crippen molar-refractivity contribution in [2.75, 3.05) is 0 Å². The van der Waals surface area contributed by atoms with Gasteiger partial charge >= 0.3 is 0 Å². The highest BCUT2D eigenvalue weighted by molar-refractivity contribution is 7.77. The molecule has 2 rings (SSSR count). The van der Waals surface area contributed by atoms with E-state index in [1.165, 1.54) is 11.1 Å². The third kappa shape index (κ3) is 1.34. The summed E-state index contributed by atoms with van der Waals surface area (Å²) in [4.78, 5) is 3.01. The standard InChI is InChI=1S/C7H8N2S2/c10-7-1-5-3-9(11)4-6(5)2-8-7/h1-2,11H,3-4H2,(H,8,10). The lowest BCUT2D eigenvalue weighted by atomic mass is 10.2. The first-order valence-electron chi connectivity index (χ1n) is 3.40. The van der Waals surface area contributed by atoms with Gasteiger partial charge in [-0.1, -0.05) is 25.0 Å². The minimum Gasteiger partial charge on any atom is -0.353 e. The molecular weight excluding hydrogens is 176 g/mol. The molecule has 0 saturated carbocycles. The molecule has 1 N–H and O–H groups in total. The Labute approximate surface area is 75.8 Å². The summed E-state index contributed by atoms with van der Waals surface area (Å²) in [5, 5.41) is 0. The van der Waals surface area contributed by atoms with Gasteiger partial charge in [-0.3, -0.25) is 0 Å². The fraction of sp³-hybridized carbons (Fsp3) is 0.286. The second-order valence-corrected chi connectivity index (χ2v) is 3.68. The number of hydrogen-bond donors (Lipinski definition) is 2. The summed E-state index contributed by atoms with van der Waals surface area (Å²) in [5.74, 6) is 0. The van der Waals surface area contributed by atoms with Crippen molar-refractivity contribution in [3.63, 3.8) is 0 Å². The van der Waals surface area contributed by atoms with E-state index in [0.29, 0.717) is 0 Å². The zero-order valence-corrected chi connectivity index (χ0v) is 7.58. The van der Waals surface area contributed by atoms with Gasteiger partial charge in [-0.15, -0.1) is 0 Å². The minimum atomic E-state index is 0.799. The van der Waals surface area contributed by atoms with Gasteiger partial charge in [0.25, 0.3) is 0 Å². The van der Waals surface area contributed by atoms with Gasteiger partial charge in [0.2, 0.25) is 0 Å².